The van der Waals surface area contributed by atoms with Crippen LogP contribution in [0.5, 0.6) is 0 Å². The van der Waals surface area contributed by atoms with Crippen LogP contribution in [0, 0.1) is 0 Å². The number of benzene rings is 5. The molecule has 0 saturated carbocycles. The highest BCUT2D eigenvalue weighted by Crippen LogP contribution is 2.48. The summed E-state index contributed by atoms with van der Waals surface area (Å²) in [6, 6.07) is 37.7. The Hall–Kier alpha value is -3.15. The molecule has 3 heterocycles. The van der Waals surface area contributed by atoms with Crippen LogP contribution in [0.15, 0.2) is 191 Å². The van der Waals surface area contributed by atoms with Crippen LogP contribution in [-0.2, 0) is 24.7 Å². The zero-order chi connectivity index (χ0) is 87.0. The molecule has 0 bridgehead atoms. The van der Waals surface area contributed by atoms with Crippen LogP contribution in [0.2, 0.25) is 30.3 Å². The lowest BCUT2D eigenvalue weighted by Gasteiger charge is -2.21. The van der Waals surface area contributed by atoms with Crippen molar-refractivity contribution in [3.05, 3.63) is 205 Å². The van der Waals surface area contributed by atoms with Gasteiger partial charge in [0.15, 0.2) is 11.4 Å². The van der Waals surface area contributed by atoms with E-state index in [2.05, 4.69) is 104 Å². The molecule has 31 heteroatoms. The molecule has 8 rings (SSSR count). The standard InChI is InChI=1S/C11H14F3NS.C11H13F3S.C10H12Cl2S.C10H11ClF3NS.C10H14ClNS.C10H13ClS.C10H12F3NS.C9H12ClNS/c1-10(2,3)16-8-6-4-5-7(15)9(8)11(12,13)14;1-10(2,3)15-9-7-5-4-6-8(9)11(12,13)14;1-10(2,3)13-8-6-4-5-7(11)9(8)12;1-9(2,3)16-6-4-5-15-8(7(6)11)10(12,13)14;1-10(2,3)13-8-6-4-5-7(12)9(8)11;1-10(2,3)12-9-7-5-4-6-8(9)11;1-9(2,3)15-7-5-4-6-14-8(7)10(11,12)13;1-9(2,3)12-7-5-4-6-11-8(7)10/h4-6H,15H2,1-3H3;4-7H,1-3H3;4-6H,1-3H3;4-5H,1-3H3;4-6H,12H2,1-3H3;4-7H,1-3H3;4-6H,1-3H3;4-6H,1-3H3. The first-order valence-electron chi connectivity index (χ1n) is 34.1. The average Bonchev–Trinajstić information content (AvgIpc) is 0.782. The number of alkyl halides is 12. The van der Waals surface area contributed by atoms with Gasteiger partial charge in [-0.15, -0.1) is 94.1 Å². The van der Waals surface area contributed by atoms with Crippen molar-refractivity contribution in [3.8, 4) is 0 Å². The van der Waals surface area contributed by atoms with Gasteiger partial charge < -0.3 is 11.5 Å². The van der Waals surface area contributed by atoms with Crippen molar-refractivity contribution in [3.63, 3.8) is 0 Å². The number of hydrogen-bond acceptors (Lipinski definition) is 13. The molecule has 4 N–H and O–H groups in total. The molecule has 0 unspecified atom stereocenters. The van der Waals surface area contributed by atoms with Crippen LogP contribution in [0.3, 0.4) is 0 Å². The molecule has 3 aromatic heterocycles. The lowest BCUT2D eigenvalue weighted by molar-refractivity contribution is -0.143. The Morgan fingerprint density at radius 3 is 0.991 bits per heavy atom. The SMILES string of the molecule is CC(C)(C)Sc1cccc(Cl)c1Cl.CC(C)(C)Sc1cccc(N)c1C(F)(F)F.CC(C)(C)Sc1cccc(N)c1Cl.CC(C)(C)Sc1ccccc1C(F)(F)F.CC(C)(C)Sc1ccccc1Cl.CC(C)(C)Sc1cccnc1C(F)(F)F.CC(C)(C)Sc1cccnc1Cl.CC(C)(C)Sc1ccnc(C(F)(F)F)c1Cl. The van der Waals surface area contributed by atoms with Gasteiger partial charge in [-0.1, -0.05) is 278 Å². The minimum atomic E-state index is -4.51. The van der Waals surface area contributed by atoms with E-state index in [0.717, 1.165) is 43.1 Å². The van der Waals surface area contributed by atoms with E-state index in [1.165, 1.54) is 89.5 Å². The zero-order valence-electron chi connectivity index (χ0n) is 67.0. The molecule has 0 aliphatic heterocycles. The fourth-order valence-electron chi connectivity index (χ4n) is 7.90. The second kappa shape index (κ2) is 45.3. The lowest BCUT2D eigenvalue weighted by Crippen LogP contribution is -2.14. The second-order valence-electron chi connectivity index (χ2n) is 31.7. The average molecular weight is 1840 g/mol. The highest BCUT2D eigenvalue weighted by atomic mass is 35.5. The lowest BCUT2D eigenvalue weighted by atomic mass is 10.2. The Morgan fingerprint density at radius 2 is 0.562 bits per heavy atom. The first kappa shape index (κ1) is 107. The van der Waals surface area contributed by atoms with E-state index in [0.29, 0.717) is 30.8 Å². The van der Waals surface area contributed by atoms with Gasteiger partial charge in [-0.25, -0.2) is 4.98 Å². The van der Waals surface area contributed by atoms with E-state index in [-0.39, 0.29) is 63.4 Å². The van der Waals surface area contributed by atoms with E-state index in [4.69, 9.17) is 81.1 Å². The molecule has 5 nitrogen and oxygen atoms in total. The van der Waals surface area contributed by atoms with Crippen LogP contribution in [0.25, 0.3) is 0 Å². The second-order valence-corrected chi connectivity index (χ2v) is 48.9. The number of rotatable bonds is 8. The molecule has 0 spiro atoms. The van der Waals surface area contributed by atoms with Crippen molar-refractivity contribution >= 4 is 175 Å². The fraction of sp³-hybridized carbons (Fsp3) is 0.444. The molecule has 112 heavy (non-hydrogen) atoms. The van der Waals surface area contributed by atoms with Crippen molar-refractivity contribution in [2.75, 3.05) is 11.5 Å². The van der Waals surface area contributed by atoms with Crippen molar-refractivity contribution in [2.45, 2.75) is 268 Å². The van der Waals surface area contributed by atoms with Gasteiger partial charge in [0.05, 0.1) is 41.9 Å². The van der Waals surface area contributed by atoms with Crippen LogP contribution in [0.4, 0.5) is 64.1 Å². The highest BCUT2D eigenvalue weighted by Gasteiger charge is 2.39. The summed E-state index contributed by atoms with van der Waals surface area (Å²) < 4.78 is 151. The Labute approximate surface area is 720 Å². The number of hydrogen-bond donors (Lipinski definition) is 2. The van der Waals surface area contributed by atoms with E-state index in [1.807, 2.05) is 144 Å². The van der Waals surface area contributed by atoms with Crippen molar-refractivity contribution in [2.24, 2.45) is 0 Å². The molecule has 0 fully saturated rings. The first-order valence-corrected chi connectivity index (χ1v) is 42.9. The minimum Gasteiger partial charge on any atom is -0.398 e. The van der Waals surface area contributed by atoms with Crippen LogP contribution >= 0.6 is 164 Å². The predicted molar refractivity (Wildman–Crippen MR) is 469 cm³/mol. The van der Waals surface area contributed by atoms with Gasteiger partial charge in [0, 0.05) is 101 Å². The van der Waals surface area contributed by atoms with Gasteiger partial charge in [0.1, 0.15) is 5.15 Å². The summed E-state index contributed by atoms with van der Waals surface area (Å²) >= 11 is 47.4. The maximum absolute atomic E-state index is 12.8. The van der Waals surface area contributed by atoms with Gasteiger partial charge in [-0.3, -0.25) is 9.97 Å². The molecule has 0 aliphatic rings. The normalized spacial score (nSPS) is 12.4. The van der Waals surface area contributed by atoms with Gasteiger partial charge in [-0.2, -0.15) is 52.7 Å². The Bertz CT molecular complexity index is 4000. The number of nitrogens with two attached hydrogens (primary N) is 2. The third-order valence-electron chi connectivity index (χ3n) is 11.5. The third kappa shape index (κ3) is 46.3. The van der Waals surface area contributed by atoms with Crippen molar-refractivity contribution in [1.82, 2.24) is 15.0 Å². The Balaban J connectivity index is 0.000000641. The van der Waals surface area contributed by atoms with Gasteiger partial charge in [-0.05, 0) is 91.0 Å². The molecule has 0 amide bonds. The van der Waals surface area contributed by atoms with Gasteiger partial charge in [0.2, 0.25) is 0 Å². The Kier molecular flexibility index (Phi) is 43.2. The molecule has 624 valence electrons. The largest absolute Gasteiger partial charge is 0.434 e. The van der Waals surface area contributed by atoms with E-state index >= 15 is 0 Å². The molecule has 0 radical (unpaired) electrons. The minimum absolute atomic E-state index is 0.161. The van der Waals surface area contributed by atoms with Crippen molar-refractivity contribution < 1.29 is 52.7 Å². The zero-order valence-corrected chi connectivity index (χ0v) is 78.1. The number of aromatic nitrogens is 3. The maximum Gasteiger partial charge on any atom is 0.434 e. The van der Waals surface area contributed by atoms with Gasteiger partial charge >= 0.3 is 24.7 Å². The quantitative estimate of drug-likeness (QED) is 0.0656. The summed E-state index contributed by atoms with van der Waals surface area (Å²) in [7, 11) is 0. The summed E-state index contributed by atoms with van der Waals surface area (Å²) in [5.41, 5.74) is 8.41. The van der Waals surface area contributed by atoms with E-state index < -0.39 is 47.2 Å². The topological polar surface area (TPSA) is 90.7 Å². The molecule has 0 saturated heterocycles. The molecule has 0 atom stereocenters. The van der Waals surface area contributed by atoms with Crippen LogP contribution in [-0.4, -0.2) is 52.9 Å². The molecule has 8 aromatic rings. The van der Waals surface area contributed by atoms with Crippen LogP contribution in [0.1, 0.15) is 189 Å². The smallest absolute Gasteiger partial charge is 0.398 e. The molecular formula is C81H101Cl6F12N5S8. The summed E-state index contributed by atoms with van der Waals surface area (Å²) in [6.45, 7) is 48.5. The molecule has 0 aliphatic carbocycles. The Morgan fingerprint density at radius 1 is 0.250 bits per heavy atom. The first-order chi connectivity index (χ1) is 50.4. The maximum atomic E-state index is 12.8. The van der Waals surface area contributed by atoms with Crippen LogP contribution < -0.4 is 11.5 Å². The monoisotopic (exact) mass is 1840 g/mol. The number of pyridine rings is 3. The summed E-state index contributed by atoms with van der Waals surface area (Å²) in [6.07, 6.45) is -13.6. The van der Waals surface area contributed by atoms with Crippen molar-refractivity contribution in [1.29, 1.82) is 0 Å². The number of halogens is 18. The number of thioether (sulfide) groups is 8. The molecular weight excluding hydrogens is 1740 g/mol. The van der Waals surface area contributed by atoms with Gasteiger partial charge in [0.25, 0.3) is 0 Å². The summed E-state index contributed by atoms with van der Waals surface area (Å²) in [5, 5.41) is 3.06. The fourth-order valence-corrected chi connectivity index (χ4v) is 17.7. The highest BCUT2D eigenvalue weighted by molar-refractivity contribution is 8.02. The number of nitrogens with zero attached hydrogens (tertiary/aromatic N) is 3. The van der Waals surface area contributed by atoms with E-state index in [9.17, 15) is 52.7 Å². The predicted octanol–water partition coefficient (Wildman–Crippen LogP) is 34.0. The third-order valence-corrected chi connectivity index (χ3v) is 23.7. The van der Waals surface area contributed by atoms with E-state index in [1.54, 1.807) is 71.4 Å². The number of nitrogen functional groups attached to an aromatic ring is 2. The summed E-state index contributed by atoms with van der Waals surface area (Å²) in [4.78, 5) is 16.0. The number of anilines is 2. The molecule has 5 aromatic carbocycles. The summed E-state index contributed by atoms with van der Waals surface area (Å²) in [5.74, 6) is 0.